The Morgan fingerprint density at radius 1 is 1.37 bits per heavy atom. The maximum Gasteiger partial charge on any atom is 0.262 e. The SMILES string of the molecule is C=CN=C(/C=C(\C)C=C)Nc1cc2ccn(CCCO)c(=O)c2c(NC(C)(C)C)n1. The number of allylic oxidation sites excluding steroid dienone is 2. The fourth-order valence-electron chi connectivity index (χ4n) is 2.84. The topological polar surface area (TPSA) is 91.5 Å². The van der Waals surface area contributed by atoms with Crippen molar-refractivity contribution in [1.82, 2.24) is 9.55 Å². The van der Waals surface area contributed by atoms with Crippen LogP contribution >= 0.6 is 0 Å². The van der Waals surface area contributed by atoms with Crippen molar-refractivity contribution >= 4 is 28.2 Å². The molecular weight excluding hydrogens is 378 g/mol. The van der Waals surface area contributed by atoms with Crippen LogP contribution in [-0.2, 0) is 6.54 Å². The number of aliphatic hydroxyl groups excluding tert-OH is 1. The summed E-state index contributed by atoms with van der Waals surface area (Å²) in [5.74, 6) is 1.61. The third kappa shape index (κ3) is 6.15. The highest BCUT2D eigenvalue weighted by molar-refractivity contribution is 6.05. The first-order chi connectivity index (χ1) is 14.2. The van der Waals surface area contributed by atoms with Gasteiger partial charge in [-0.25, -0.2) is 9.98 Å². The summed E-state index contributed by atoms with van der Waals surface area (Å²) < 4.78 is 1.60. The monoisotopic (exact) mass is 409 g/mol. The second kappa shape index (κ2) is 10.0. The maximum absolute atomic E-state index is 13.1. The molecule has 30 heavy (non-hydrogen) atoms. The summed E-state index contributed by atoms with van der Waals surface area (Å²) in [6.07, 6.45) is 7.27. The first-order valence-corrected chi connectivity index (χ1v) is 9.88. The maximum atomic E-state index is 13.1. The van der Waals surface area contributed by atoms with Gasteiger partial charge >= 0.3 is 0 Å². The molecule has 0 unspecified atom stereocenters. The van der Waals surface area contributed by atoms with Crippen molar-refractivity contribution in [2.75, 3.05) is 17.2 Å². The lowest BCUT2D eigenvalue weighted by atomic mass is 10.1. The average Bonchev–Trinajstić information content (AvgIpc) is 2.66. The van der Waals surface area contributed by atoms with Crippen LogP contribution in [0.5, 0.6) is 0 Å². The van der Waals surface area contributed by atoms with Crippen LogP contribution in [0.2, 0.25) is 0 Å². The minimum Gasteiger partial charge on any atom is -0.396 e. The Labute approximate surface area is 177 Å². The molecule has 7 nitrogen and oxygen atoms in total. The highest BCUT2D eigenvalue weighted by atomic mass is 16.3. The summed E-state index contributed by atoms with van der Waals surface area (Å²) in [6, 6.07) is 3.70. The number of nitrogens with zero attached hydrogens (tertiary/aromatic N) is 3. The van der Waals surface area contributed by atoms with Gasteiger partial charge < -0.3 is 20.3 Å². The Bertz CT molecular complexity index is 1040. The minimum absolute atomic E-state index is 0.0295. The van der Waals surface area contributed by atoms with Gasteiger partial charge in [0.1, 0.15) is 17.5 Å². The molecule has 0 radical (unpaired) electrons. The third-order valence-electron chi connectivity index (χ3n) is 4.18. The number of fused-ring (bicyclic) bond motifs is 1. The molecule has 0 aliphatic heterocycles. The van der Waals surface area contributed by atoms with E-state index in [1.807, 2.05) is 45.9 Å². The van der Waals surface area contributed by atoms with E-state index in [1.165, 1.54) is 6.20 Å². The van der Waals surface area contributed by atoms with E-state index in [4.69, 9.17) is 5.11 Å². The van der Waals surface area contributed by atoms with Gasteiger partial charge in [0.2, 0.25) is 0 Å². The zero-order valence-corrected chi connectivity index (χ0v) is 18.2. The van der Waals surface area contributed by atoms with E-state index < -0.39 is 0 Å². The predicted molar refractivity (Wildman–Crippen MR) is 126 cm³/mol. The van der Waals surface area contributed by atoms with Crippen molar-refractivity contribution < 1.29 is 5.11 Å². The van der Waals surface area contributed by atoms with Crippen molar-refractivity contribution in [3.63, 3.8) is 0 Å². The Morgan fingerprint density at radius 3 is 2.70 bits per heavy atom. The molecule has 2 aromatic rings. The Balaban J connectivity index is 2.63. The molecule has 2 aromatic heterocycles. The number of amidine groups is 1. The van der Waals surface area contributed by atoms with Crippen molar-refractivity contribution in [1.29, 1.82) is 0 Å². The van der Waals surface area contributed by atoms with Crippen LogP contribution in [-0.4, -0.2) is 32.6 Å². The van der Waals surface area contributed by atoms with E-state index in [9.17, 15) is 4.79 Å². The fraction of sp³-hybridized carbons (Fsp3) is 0.348. The first-order valence-electron chi connectivity index (χ1n) is 9.88. The van der Waals surface area contributed by atoms with Crippen LogP contribution < -0.4 is 16.2 Å². The Hall–Kier alpha value is -3.19. The molecular formula is C23H31N5O2. The van der Waals surface area contributed by atoms with E-state index in [1.54, 1.807) is 16.8 Å². The normalized spacial score (nSPS) is 12.7. The number of rotatable bonds is 8. The van der Waals surface area contributed by atoms with Crippen LogP contribution in [0.15, 0.2) is 65.2 Å². The molecule has 0 aromatic carbocycles. The van der Waals surface area contributed by atoms with Gasteiger partial charge in [0.25, 0.3) is 5.56 Å². The minimum atomic E-state index is -0.297. The molecule has 160 valence electrons. The molecule has 3 N–H and O–H groups in total. The first kappa shape index (κ1) is 23.1. The van der Waals surface area contributed by atoms with Gasteiger partial charge in [-0.15, -0.1) is 0 Å². The highest BCUT2D eigenvalue weighted by Gasteiger charge is 2.17. The van der Waals surface area contributed by atoms with Crippen molar-refractivity contribution in [3.8, 4) is 0 Å². The summed E-state index contributed by atoms with van der Waals surface area (Å²) in [5, 5.41) is 16.9. The molecule has 0 aliphatic carbocycles. The zero-order valence-electron chi connectivity index (χ0n) is 18.2. The van der Waals surface area contributed by atoms with Crippen molar-refractivity contribution in [2.24, 2.45) is 4.99 Å². The molecule has 0 saturated carbocycles. The number of hydrogen-bond acceptors (Lipinski definition) is 5. The number of pyridine rings is 2. The van der Waals surface area contributed by atoms with E-state index in [-0.39, 0.29) is 17.7 Å². The van der Waals surface area contributed by atoms with Gasteiger partial charge in [0, 0.05) is 31.1 Å². The molecule has 2 heterocycles. The summed E-state index contributed by atoms with van der Waals surface area (Å²) in [6.45, 7) is 15.8. The molecule has 0 spiro atoms. The summed E-state index contributed by atoms with van der Waals surface area (Å²) in [5.41, 5.74) is 0.492. The van der Waals surface area contributed by atoms with Gasteiger partial charge in [-0.05, 0) is 63.3 Å². The lowest BCUT2D eigenvalue weighted by molar-refractivity contribution is 0.279. The van der Waals surface area contributed by atoms with E-state index in [2.05, 4.69) is 33.8 Å². The lowest BCUT2D eigenvalue weighted by Crippen LogP contribution is -2.29. The van der Waals surface area contributed by atoms with Gasteiger partial charge in [0.15, 0.2) is 0 Å². The number of aryl methyl sites for hydroxylation is 1. The summed E-state index contributed by atoms with van der Waals surface area (Å²) in [4.78, 5) is 22.0. The van der Waals surface area contributed by atoms with Crippen LogP contribution in [0.4, 0.5) is 11.6 Å². The largest absolute Gasteiger partial charge is 0.396 e. The highest BCUT2D eigenvalue weighted by Crippen LogP contribution is 2.25. The summed E-state index contributed by atoms with van der Waals surface area (Å²) >= 11 is 0. The Morgan fingerprint density at radius 2 is 2.10 bits per heavy atom. The molecule has 0 atom stereocenters. The number of hydrogen-bond donors (Lipinski definition) is 3. The van der Waals surface area contributed by atoms with Crippen LogP contribution in [0.1, 0.15) is 34.1 Å². The van der Waals surface area contributed by atoms with Crippen molar-refractivity contribution in [3.05, 3.63) is 65.8 Å². The number of aromatic nitrogens is 2. The Kier molecular flexibility index (Phi) is 7.72. The van der Waals surface area contributed by atoms with E-state index >= 15 is 0 Å². The number of anilines is 2. The van der Waals surface area contributed by atoms with E-state index in [0.717, 1.165) is 11.0 Å². The molecule has 0 amide bonds. The molecule has 0 aliphatic rings. The lowest BCUT2D eigenvalue weighted by Gasteiger charge is -2.23. The fourth-order valence-corrected chi connectivity index (χ4v) is 2.84. The standard InChI is InChI=1S/C23H31N5O2/c1-7-16(3)14-18(24-8-2)25-19-15-17-10-12-28(11-9-13-29)22(30)20(17)21(26-19)27-23(4,5)6/h7-8,10,12,14-15,29H,1-2,9,11,13H2,3-6H3,(H2,24,25,26,27)/b16-14+. The van der Waals surface area contributed by atoms with Crippen molar-refractivity contribution in [2.45, 2.75) is 46.2 Å². The van der Waals surface area contributed by atoms with Gasteiger partial charge in [-0.2, -0.15) is 0 Å². The van der Waals surface area contributed by atoms with Crippen LogP contribution in [0.25, 0.3) is 10.8 Å². The van der Waals surface area contributed by atoms with Crippen LogP contribution in [0.3, 0.4) is 0 Å². The van der Waals surface area contributed by atoms with Crippen LogP contribution in [0, 0.1) is 0 Å². The zero-order chi connectivity index (χ0) is 22.3. The molecule has 0 saturated heterocycles. The molecule has 0 fully saturated rings. The second-order valence-corrected chi connectivity index (χ2v) is 8.00. The van der Waals surface area contributed by atoms with E-state index in [0.29, 0.717) is 35.8 Å². The predicted octanol–water partition coefficient (Wildman–Crippen LogP) is 4.08. The smallest absolute Gasteiger partial charge is 0.262 e. The molecule has 2 rings (SSSR count). The summed E-state index contributed by atoms with van der Waals surface area (Å²) in [7, 11) is 0. The average molecular weight is 410 g/mol. The number of aliphatic imine (C=N–C) groups is 1. The van der Waals surface area contributed by atoms with Gasteiger partial charge in [0.05, 0.1) is 5.39 Å². The quantitative estimate of drug-likeness (QED) is 0.347. The molecule has 0 bridgehead atoms. The third-order valence-corrected chi connectivity index (χ3v) is 4.18. The van der Waals surface area contributed by atoms with Gasteiger partial charge in [-0.1, -0.05) is 19.2 Å². The molecule has 7 heteroatoms. The number of nitrogens with one attached hydrogen (secondary N) is 2. The van der Waals surface area contributed by atoms with Gasteiger partial charge in [-0.3, -0.25) is 4.79 Å². The second-order valence-electron chi connectivity index (χ2n) is 8.00. The number of aliphatic hydroxyl groups is 1.